The number of anilines is 1. The van der Waals surface area contributed by atoms with Gasteiger partial charge < -0.3 is 5.32 Å². The quantitative estimate of drug-likeness (QED) is 0.736. The lowest BCUT2D eigenvalue weighted by atomic mass is 10.0. The molecule has 0 aliphatic carbocycles. The Morgan fingerprint density at radius 2 is 1.85 bits per heavy atom. The lowest BCUT2D eigenvalue weighted by Crippen LogP contribution is -2.28. The third-order valence-corrected chi connectivity index (χ3v) is 4.69. The molecule has 1 aliphatic rings. The van der Waals surface area contributed by atoms with Crippen LogP contribution in [0.25, 0.3) is 0 Å². The van der Waals surface area contributed by atoms with Crippen LogP contribution in [0, 0.1) is 5.92 Å². The van der Waals surface area contributed by atoms with E-state index in [0.717, 1.165) is 39.1 Å². The Kier molecular flexibility index (Phi) is 5.16. The van der Waals surface area contributed by atoms with E-state index in [9.17, 15) is 0 Å². The van der Waals surface area contributed by atoms with Crippen molar-refractivity contribution in [3.05, 3.63) is 66.5 Å². The summed E-state index contributed by atoms with van der Waals surface area (Å²) in [6.07, 6.45) is 10.2. The van der Waals surface area contributed by atoms with Gasteiger partial charge in [0.05, 0.1) is 5.69 Å². The van der Waals surface area contributed by atoms with Crippen LogP contribution < -0.4 is 5.32 Å². The van der Waals surface area contributed by atoms with Crippen LogP contribution in [0.15, 0.2) is 55.2 Å². The van der Waals surface area contributed by atoms with E-state index in [2.05, 4.69) is 53.1 Å². The van der Waals surface area contributed by atoms with E-state index in [1.54, 1.807) is 12.4 Å². The maximum atomic E-state index is 4.51. The minimum absolute atomic E-state index is 0.522. The molecule has 4 rings (SSSR count). The smallest absolute Gasteiger partial charge is 0.222 e. The third-order valence-electron chi connectivity index (χ3n) is 4.69. The molecule has 0 saturated heterocycles. The van der Waals surface area contributed by atoms with Gasteiger partial charge in [-0.05, 0) is 42.2 Å². The number of hydrogen-bond donors (Lipinski definition) is 1. The molecule has 0 radical (unpaired) electrons. The van der Waals surface area contributed by atoms with Crippen LogP contribution in [-0.4, -0.2) is 42.7 Å². The number of rotatable bonds is 6. The van der Waals surface area contributed by atoms with E-state index in [0.29, 0.717) is 11.9 Å². The summed E-state index contributed by atoms with van der Waals surface area (Å²) in [7, 11) is 0. The van der Waals surface area contributed by atoms with E-state index >= 15 is 0 Å². The summed E-state index contributed by atoms with van der Waals surface area (Å²) in [5.41, 5.74) is 2.57. The highest BCUT2D eigenvalue weighted by Crippen LogP contribution is 2.20. The Hall–Kier alpha value is -2.80. The summed E-state index contributed by atoms with van der Waals surface area (Å²) in [5, 5.41) is 7.83. The maximum Gasteiger partial charge on any atom is 0.222 e. The Bertz CT molecular complexity index is 803. The van der Waals surface area contributed by atoms with Crippen molar-refractivity contribution in [3.8, 4) is 0 Å². The molecule has 1 atom stereocenters. The Labute approximate surface area is 153 Å². The van der Waals surface area contributed by atoms with Crippen molar-refractivity contribution in [1.82, 2.24) is 29.6 Å². The molecule has 0 unspecified atom stereocenters. The monoisotopic (exact) mass is 349 g/mol. The van der Waals surface area contributed by atoms with Gasteiger partial charge in [0, 0.05) is 63.7 Å². The first kappa shape index (κ1) is 16.7. The van der Waals surface area contributed by atoms with Gasteiger partial charge in [-0.25, -0.2) is 9.97 Å². The molecule has 26 heavy (non-hydrogen) atoms. The number of nitrogens with zero attached hydrogens (tertiary/aromatic N) is 6. The Balaban J connectivity index is 1.40. The molecule has 0 fully saturated rings. The molecule has 0 saturated carbocycles. The largest absolute Gasteiger partial charge is 0.354 e. The van der Waals surface area contributed by atoms with Crippen LogP contribution >= 0.6 is 0 Å². The summed E-state index contributed by atoms with van der Waals surface area (Å²) < 4.78 is 2.15. The van der Waals surface area contributed by atoms with Gasteiger partial charge in [-0.15, -0.1) is 0 Å². The molecule has 7 nitrogen and oxygen atoms in total. The highest BCUT2D eigenvalue weighted by molar-refractivity contribution is 5.21. The topological polar surface area (TPSA) is 71.8 Å². The maximum absolute atomic E-state index is 4.51. The summed E-state index contributed by atoms with van der Waals surface area (Å²) in [4.78, 5) is 15.1. The SMILES string of the molecule is c1cnc(NCC[C@H]2CN(Cc3ccncc3)Cc3ccnn3C2)nc1. The summed E-state index contributed by atoms with van der Waals surface area (Å²) in [6.45, 7) is 4.71. The minimum Gasteiger partial charge on any atom is -0.354 e. The fourth-order valence-corrected chi connectivity index (χ4v) is 3.45. The highest BCUT2D eigenvalue weighted by Gasteiger charge is 2.22. The molecule has 134 valence electrons. The number of hydrogen-bond acceptors (Lipinski definition) is 6. The standard InChI is InChI=1S/C19H23N7/c1-6-21-19(22-7-1)23-10-4-17-13-25(12-16-2-8-20-9-3-16)15-18-5-11-24-26(18)14-17/h1-3,5-9,11,17H,4,10,12-15H2,(H,21,22,23)/t17-/m0/s1. The highest BCUT2D eigenvalue weighted by atomic mass is 15.3. The van der Waals surface area contributed by atoms with Gasteiger partial charge >= 0.3 is 0 Å². The van der Waals surface area contributed by atoms with E-state index in [4.69, 9.17) is 0 Å². The molecule has 0 amide bonds. The molecule has 3 aromatic rings. The second-order valence-corrected chi connectivity index (χ2v) is 6.68. The van der Waals surface area contributed by atoms with Crippen LogP contribution in [0.1, 0.15) is 17.7 Å². The number of aromatic nitrogens is 5. The molecule has 4 heterocycles. The van der Waals surface area contributed by atoms with Gasteiger partial charge in [0.25, 0.3) is 0 Å². The first-order chi connectivity index (χ1) is 12.9. The second kappa shape index (κ2) is 8.05. The fourth-order valence-electron chi connectivity index (χ4n) is 3.45. The lowest BCUT2D eigenvalue weighted by molar-refractivity contribution is 0.217. The molecular formula is C19H23N7. The van der Waals surface area contributed by atoms with Crippen LogP contribution in [0.4, 0.5) is 5.95 Å². The van der Waals surface area contributed by atoms with E-state index in [1.807, 2.05) is 24.7 Å². The van der Waals surface area contributed by atoms with Crippen molar-refractivity contribution < 1.29 is 0 Å². The third kappa shape index (κ3) is 4.23. The summed E-state index contributed by atoms with van der Waals surface area (Å²) >= 11 is 0. The van der Waals surface area contributed by atoms with Crippen molar-refractivity contribution in [3.63, 3.8) is 0 Å². The van der Waals surface area contributed by atoms with Crippen LogP contribution in [0.3, 0.4) is 0 Å². The van der Waals surface area contributed by atoms with Crippen LogP contribution in [0.5, 0.6) is 0 Å². The van der Waals surface area contributed by atoms with Gasteiger partial charge in [0.2, 0.25) is 5.95 Å². The molecule has 0 spiro atoms. The zero-order chi connectivity index (χ0) is 17.6. The Morgan fingerprint density at radius 1 is 1.00 bits per heavy atom. The Morgan fingerprint density at radius 3 is 2.69 bits per heavy atom. The van der Waals surface area contributed by atoms with E-state index < -0.39 is 0 Å². The predicted octanol–water partition coefficient (Wildman–Crippen LogP) is 2.20. The summed E-state index contributed by atoms with van der Waals surface area (Å²) in [5.74, 6) is 1.21. The van der Waals surface area contributed by atoms with E-state index in [1.165, 1.54) is 11.3 Å². The molecule has 1 aliphatic heterocycles. The zero-order valence-corrected chi connectivity index (χ0v) is 14.7. The average molecular weight is 349 g/mol. The second-order valence-electron chi connectivity index (χ2n) is 6.68. The summed E-state index contributed by atoms with van der Waals surface area (Å²) in [6, 6.07) is 8.13. The molecule has 3 aromatic heterocycles. The molecule has 7 heteroatoms. The number of fused-ring (bicyclic) bond motifs is 1. The molecular weight excluding hydrogens is 326 g/mol. The van der Waals surface area contributed by atoms with Gasteiger partial charge in [-0.3, -0.25) is 14.6 Å². The van der Waals surface area contributed by atoms with Crippen molar-refractivity contribution >= 4 is 5.95 Å². The first-order valence-corrected chi connectivity index (χ1v) is 8.99. The normalized spacial score (nSPS) is 17.5. The average Bonchev–Trinajstić information content (AvgIpc) is 3.03. The van der Waals surface area contributed by atoms with Crippen molar-refractivity contribution in [2.75, 3.05) is 18.4 Å². The number of nitrogens with one attached hydrogen (secondary N) is 1. The molecule has 1 N–H and O–H groups in total. The van der Waals surface area contributed by atoms with Crippen molar-refractivity contribution in [2.45, 2.75) is 26.1 Å². The van der Waals surface area contributed by atoms with Gasteiger partial charge in [-0.1, -0.05) is 0 Å². The van der Waals surface area contributed by atoms with E-state index in [-0.39, 0.29) is 0 Å². The van der Waals surface area contributed by atoms with Crippen LogP contribution in [-0.2, 0) is 19.6 Å². The minimum atomic E-state index is 0.522. The fraction of sp³-hybridized carbons (Fsp3) is 0.368. The van der Waals surface area contributed by atoms with Crippen LogP contribution in [0.2, 0.25) is 0 Å². The van der Waals surface area contributed by atoms with Gasteiger partial charge in [0.1, 0.15) is 0 Å². The number of pyridine rings is 1. The van der Waals surface area contributed by atoms with Crippen molar-refractivity contribution in [1.29, 1.82) is 0 Å². The zero-order valence-electron chi connectivity index (χ0n) is 14.7. The molecule has 0 bridgehead atoms. The van der Waals surface area contributed by atoms with Gasteiger partial charge in [0.15, 0.2) is 0 Å². The lowest BCUT2D eigenvalue weighted by Gasteiger charge is -2.24. The predicted molar refractivity (Wildman–Crippen MR) is 99.2 cm³/mol. The molecule has 0 aromatic carbocycles. The first-order valence-electron chi connectivity index (χ1n) is 8.99. The van der Waals surface area contributed by atoms with Gasteiger partial charge in [-0.2, -0.15) is 5.10 Å². The van der Waals surface area contributed by atoms with Crippen molar-refractivity contribution in [2.24, 2.45) is 5.92 Å².